The molecule has 1 aromatic heterocycles. The van der Waals surface area contributed by atoms with Gasteiger partial charge in [-0.05, 0) is 24.6 Å². The van der Waals surface area contributed by atoms with E-state index >= 15 is 0 Å². The molecule has 0 saturated heterocycles. The van der Waals surface area contributed by atoms with E-state index in [1.807, 2.05) is 37.3 Å². The molecule has 128 valence electrons. The Labute approximate surface area is 144 Å². The lowest BCUT2D eigenvalue weighted by molar-refractivity contribution is 0.0684. The van der Waals surface area contributed by atoms with Gasteiger partial charge in [0.2, 0.25) is 0 Å². The largest absolute Gasteiger partial charge is 0.493 e. The smallest absolute Gasteiger partial charge is 0.354 e. The maximum atomic E-state index is 14.1. The van der Waals surface area contributed by atoms with E-state index in [-0.39, 0.29) is 17.5 Å². The van der Waals surface area contributed by atoms with Crippen molar-refractivity contribution < 1.29 is 19.0 Å². The van der Waals surface area contributed by atoms with Gasteiger partial charge in [-0.15, -0.1) is 0 Å². The van der Waals surface area contributed by atoms with Gasteiger partial charge in [-0.1, -0.05) is 36.4 Å². The number of ether oxygens (including phenoxy) is 1. The molecule has 0 aliphatic heterocycles. The van der Waals surface area contributed by atoms with E-state index in [0.29, 0.717) is 11.4 Å². The molecule has 1 N–H and O–H groups in total. The Hall–Kier alpha value is -3.15. The number of carbonyl (C=O) groups is 1. The fraction of sp³-hybridized carbons (Fsp3) is 0.158. The Bertz CT molecular complexity index is 906. The first-order valence-corrected chi connectivity index (χ1v) is 7.73. The molecule has 6 heteroatoms. The summed E-state index contributed by atoms with van der Waals surface area (Å²) < 4.78 is 20.8. The number of aromatic carboxylic acids is 1. The average Bonchev–Trinajstić information content (AvgIpc) is 3.06. The summed E-state index contributed by atoms with van der Waals surface area (Å²) in [5, 5.41) is 9.54. The minimum Gasteiger partial charge on any atom is -0.493 e. The zero-order valence-corrected chi connectivity index (χ0v) is 13.8. The number of carboxylic acids is 1. The quantitative estimate of drug-likeness (QED) is 0.762. The van der Waals surface area contributed by atoms with Gasteiger partial charge >= 0.3 is 5.97 Å². The van der Waals surface area contributed by atoms with Crippen LogP contribution in [0.4, 0.5) is 4.39 Å². The molecule has 5 nitrogen and oxygen atoms in total. The van der Waals surface area contributed by atoms with E-state index in [2.05, 4.69) is 4.98 Å². The third-order valence-corrected chi connectivity index (χ3v) is 4.10. The van der Waals surface area contributed by atoms with Gasteiger partial charge < -0.3 is 14.4 Å². The van der Waals surface area contributed by atoms with Crippen molar-refractivity contribution in [3.8, 4) is 17.1 Å². The van der Waals surface area contributed by atoms with Crippen LogP contribution in [0.2, 0.25) is 0 Å². The number of hydrogen-bond donors (Lipinski definition) is 1. The molecule has 0 unspecified atom stereocenters. The SMILES string of the molecule is COc1c(F)cccc1-c1ncc(C(=O)O)n1[C@H](C)c1ccccc1. The van der Waals surface area contributed by atoms with Crippen LogP contribution in [0.3, 0.4) is 0 Å². The molecule has 2 aromatic carbocycles. The highest BCUT2D eigenvalue weighted by atomic mass is 19.1. The van der Waals surface area contributed by atoms with Gasteiger partial charge in [-0.25, -0.2) is 14.2 Å². The van der Waals surface area contributed by atoms with E-state index in [1.54, 1.807) is 16.7 Å². The number of aromatic nitrogens is 2. The normalized spacial score (nSPS) is 12.0. The topological polar surface area (TPSA) is 64.3 Å². The van der Waals surface area contributed by atoms with Gasteiger partial charge in [0.05, 0.1) is 24.9 Å². The predicted molar refractivity (Wildman–Crippen MR) is 91.4 cm³/mol. The number of para-hydroxylation sites is 1. The summed E-state index contributed by atoms with van der Waals surface area (Å²) >= 11 is 0. The summed E-state index contributed by atoms with van der Waals surface area (Å²) in [6, 6.07) is 13.6. The minimum atomic E-state index is -1.10. The summed E-state index contributed by atoms with van der Waals surface area (Å²) in [4.78, 5) is 15.9. The molecule has 0 fully saturated rings. The van der Waals surface area contributed by atoms with Crippen molar-refractivity contribution in [1.82, 2.24) is 9.55 Å². The predicted octanol–water partition coefficient (Wildman–Crippen LogP) is 4.01. The van der Waals surface area contributed by atoms with Gasteiger partial charge in [0, 0.05) is 0 Å². The molecule has 0 bridgehead atoms. The van der Waals surface area contributed by atoms with E-state index in [9.17, 15) is 14.3 Å². The van der Waals surface area contributed by atoms with Gasteiger partial charge in [0.1, 0.15) is 11.5 Å². The van der Waals surface area contributed by atoms with E-state index < -0.39 is 11.8 Å². The number of hydrogen-bond acceptors (Lipinski definition) is 3. The summed E-state index contributed by atoms with van der Waals surface area (Å²) in [7, 11) is 1.37. The third-order valence-electron chi connectivity index (χ3n) is 4.10. The first-order valence-electron chi connectivity index (χ1n) is 7.73. The Morgan fingerprint density at radius 2 is 1.92 bits per heavy atom. The fourth-order valence-electron chi connectivity index (χ4n) is 2.88. The second-order valence-corrected chi connectivity index (χ2v) is 5.55. The molecule has 0 aliphatic carbocycles. The zero-order valence-electron chi connectivity index (χ0n) is 13.8. The molecule has 3 aromatic rings. The van der Waals surface area contributed by atoms with Crippen LogP contribution in [0.25, 0.3) is 11.4 Å². The third kappa shape index (κ3) is 2.98. The molecule has 0 aliphatic rings. The highest BCUT2D eigenvalue weighted by molar-refractivity contribution is 5.87. The second-order valence-electron chi connectivity index (χ2n) is 5.55. The first kappa shape index (κ1) is 16.7. The van der Waals surface area contributed by atoms with Gasteiger partial charge in [-0.3, -0.25) is 0 Å². The highest BCUT2D eigenvalue weighted by Crippen LogP contribution is 2.34. The van der Waals surface area contributed by atoms with Crippen molar-refractivity contribution in [1.29, 1.82) is 0 Å². The van der Waals surface area contributed by atoms with Crippen LogP contribution in [-0.4, -0.2) is 27.7 Å². The van der Waals surface area contributed by atoms with Gasteiger partial charge in [0.15, 0.2) is 11.6 Å². The molecular weight excluding hydrogens is 323 g/mol. The number of nitrogens with zero attached hydrogens (tertiary/aromatic N) is 2. The van der Waals surface area contributed by atoms with Crippen molar-refractivity contribution in [3.05, 3.63) is 71.8 Å². The Balaban J connectivity index is 2.23. The van der Waals surface area contributed by atoms with Gasteiger partial charge in [0.25, 0.3) is 0 Å². The van der Waals surface area contributed by atoms with E-state index in [4.69, 9.17) is 4.74 Å². The average molecular weight is 340 g/mol. The van der Waals surface area contributed by atoms with Crippen LogP contribution in [0.1, 0.15) is 29.0 Å². The van der Waals surface area contributed by atoms with Crippen molar-refractivity contribution in [2.24, 2.45) is 0 Å². The second kappa shape index (κ2) is 6.76. The maximum absolute atomic E-state index is 14.1. The Kier molecular flexibility index (Phi) is 4.52. The number of methoxy groups -OCH3 is 1. The maximum Gasteiger partial charge on any atom is 0.354 e. The van der Waals surface area contributed by atoms with Crippen molar-refractivity contribution >= 4 is 5.97 Å². The lowest BCUT2D eigenvalue weighted by Gasteiger charge is -2.20. The Morgan fingerprint density at radius 1 is 1.20 bits per heavy atom. The number of carboxylic acid groups (broad SMARTS) is 1. The Morgan fingerprint density at radius 3 is 2.56 bits per heavy atom. The fourth-order valence-corrected chi connectivity index (χ4v) is 2.88. The molecule has 25 heavy (non-hydrogen) atoms. The monoisotopic (exact) mass is 340 g/mol. The molecule has 0 saturated carbocycles. The molecule has 0 radical (unpaired) electrons. The zero-order chi connectivity index (χ0) is 18.0. The molecule has 1 heterocycles. The standard InChI is InChI=1S/C19H17FN2O3/c1-12(13-7-4-3-5-8-13)22-16(19(23)24)11-21-18(22)14-9-6-10-15(20)17(14)25-2/h3-12H,1-2H3,(H,23,24)/t12-/m1/s1. The first-order chi connectivity index (χ1) is 12.0. The van der Waals surface area contributed by atoms with Crippen LogP contribution in [-0.2, 0) is 0 Å². The summed E-state index contributed by atoms with van der Waals surface area (Å²) in [5.74, 6) is -1.26. The number of imidazole rings is 1. The van der Waals surface area contributed by atoms with Crippen molar-refractivity contribution in [2.75, 3.05) is 7.11 Å². The van der Waals surface area contributed by atoms with Crippen LogP contribution in [0.15, 0.2) is 54.7 Å². The minimum absolute atomic E-state index is 0.0256. The molecule has 0 spiro atoms. The van der Waals surface area contributed by atoms with Crippen LogP contribution < -0.4 is 4.74 Å². The van der Waals surface area contributed by atoms with Crippen LogP contribution >= 0.6 is 0 Å². The summed E-state index contributed by atoms with van der Waals surface area (Å²) in [6.45, 7) is 1.87. The number of benzene rings is 2. The highest BCUT2D eigenvalue weighted by Gasteiger charge is 2.24. The van der Waals surface area contributed by atoms with Crippen molar-refractivity contribution in [3.63, 3.8) is 0 Å². The molecule has 0 amide bonds. The lowest BCUT2D eigenvalue weighted by Crippen LogP contribution is -2.15. The lowest BCUT2D eigenvalue weighted by atomic mass is 10.1. The number of halogens is 1. The van der Waals surface area contributed by atoms with Crippen LogP contribution in [0, 0.1) is 5.82 Å². The summed E-state index contributed by atoms with van der Waals surface area (Å²) in [6.07, 6.45) is 1.28. The molecule has 1 atom stereocenters. The van der Waals surface area contributed by atoms with E-state index in [0.717, 1.165) is 5.56 Å². The molecule has 3 rings (SSSR count). The van der Waals surface area contributed by atoms with Crippen molar-refractivity contribution in [2.45, 2.75) is 13.0 Å². The summed E-state index contributed by atoms with van der Waals surface area (Å²) in [5.41, 5.74) is 1.34. The van der Waals surface area contributed by atoms with Gasteiger partial charge in [-0.2, -0.15) is 0 Å². The van der Waals surface area contributed by atoms with E-state index in [1.165, 1.54) is 19.4 Å². The number of rotatable bonds is 5. The van der Waals surface area contributed by atoms with Crippen LogP contribution in [0.5, 0.6) is 5.75 Å². The molecular formula is C19H17FN2O3.